The maximum Gasteiger partial charge on any atom is 0.151 e. The van der Waals surface area contributed by atoms with Crippen LogP contribution in [0, 0.1) is 0 Å². The summed E-state index contributed by atoms with van der Waals surface area (Å²) in [4.78, 5) is 0. The molecule has 0 spiro atoms. The van der Waals surface area contributed by atoms with Crippen LogP contribution in [0.25, 0.3) is 0 Å². The van der Waals surface area contributed by atoms with E-state index in [0.29, 0.717) is 0 Å². The Labute approximate surface area is 102 Å². The second kappa shape index (κ2) is 5.18. The second-order valence-electron chi connectivity index (χ2n) is 4.63. The van der Waals surface area contributed by atoms with E-state index >= 15 is 0 Å². The number of hydrogen-bond donors (Lipinski definition) is 1. The zero-order valence-corrected chi connectivity index (χ0v) is 10.9. The van der Waals surface area contributed by atoms with Crippen molar-refractivity contribution in [3.05, 3.63) is 18.5 Å². The number of nitrogens with one attached hydrogen (secondary N) is 1. The van der Waals surface area contributed by atoms with Crippen LogP contribution in [0.1, 0.15) is 19.3 Å². The molecule has 1 heterocycles. The summed E-state index contributed by atoms with van der Waals surface area (Å²) in [5, 5.41) is 7.23. The molecule has 0 radical (unpaired) electrons. The molecule has 2 unspecified atom stereocenters. The molecule has 1 aliphatic rings. The van der Waals surface area contributed by atoms with Crippen LogP contribution in [0.3, 0.4) is 0 Å². The fourth-order valence-corrected chi connectivity index (χ4v) is 3.89. The van der Waals surface area contributed by atoms with Crippen LogP contribution in [-0.4, -0.2) is 42.3 Å². The highest BCUT2D eigenvalue weighted by molar-refractivity contribution is 7.91. The minimum atomic E-state index is -2.92. The molecule has 1 aromatic heterocycles. The highest BCUT2D eigenvalue weighted by Crippen LogP contribution is 2.24. The first kappa shape index (κ1) is 12.6. The molecule has 1 saturated carbocycles. The van der Waals surface area contributed by atoms with E-state index in [1.165, 1.54) is 6.26 Å². The topological polar surface area (TPSA) is 64.0 Å². The summed E-state index contributed by atoms with van der Waals surface area (Å²) in [6, 6.07) is 2.00. The third kappa shape index (κ3) is 3.29. The van der Waals surface area contributed by atoms with Gasteiger partial charge in [-0.15, -0.1) is 0 Å². The number of nitrogens with zero attached hydrogens (tertiary/aromatic N) is 2. The maximum absolute atomic E-state index is 11.6. The highest BCUT2D eigenvalue weighted by atomic mass is 32.2. The van der Waals surface area contributed by atoms with E-state index in [1.54, 1.807) is 6.20 Å². The molecule has 17 heavy (non-hydrogen) atoms. The van der Waals surface area contributed by atoms with Crippen molar-refractivity contribution in [1.29, 1.82) is 0 Å². The summed E-state index contributed by atoms with van der Waals surface area (Å²) >= 11 is 0. The summed E-state index contributed by atoms with van der Waals surface area (Å²) in [5.74, 6) is 0. The Morgan fingerprint density at radius 3 is 2.94 bits per heavy atom. The average molecular weight is 257 g/mol. The first-order chi connectivity index (χ1) is 8.07. The highest BCUT2D eigenvalue weighted by Gasteiger charge is 2.34. The molecule has 2 atom stereocenters. The van der Waals surface area contributed by atoms with Gasteiger partial charge in [0, 0.05) is 31.2 Å². The predicted molar refractivity (Wildman–Crippen MR) is 66.5 cm³/mol. The number of hydrogen-bond acceptors (Lipinski definition) is 4. The Kier molecular flexibility index (Phi) is 3.83. The predicted octanol–water partition coefficient (Wildman–Crippen LogP) is 0.438. The minimum absolute atomic E-state index is 0.112. The standard InChI is InChI=1S/C11H19N3O2S/c1-17(15,16)11-5-2-4-10(11)12-7-9-14-8-3-6-13-14/h3,6,8,10-12H,2,4-5,7,9H2,1H3. The SMILES string of the molecule is CS(=O)(=O)C1CCCC1NCCn1cccn1. The largest absolute Gasteiger partial charge is 0.311 e. The van der Waals surface area contributed by atoms with Crippen LogP contribution in [0.4, 0.5) is 0 Å². The van der Waals surface area contributed by atoms with Crippen molar-refractivity contribution < 1.29 is 8.42 Å². The second-order valence-corrected chi connectivity index (χ2v) is 6.89. The van der Waals surface area contributed by atoms with Gasteiger partial charge in [0.15, 0.2) is 9.84 Å². The molecule has 96 valence electrons. The van der Waals surface area contributed by atoms with Crippen LogP contribution in [-0.2, 0) is 16.4 Å². The molecular weight excluding hydrogens is 238 g/mol. The van der Waals surface area contributed by atoms with E-state index in [-0.39, 0.29) is 11.3 Å². The van der Waals surface area contributed by atoms with Crippen LogP contribution < -0.4 is 5.32 Å². The molecule has 1 aromatic rings. The Balaban J connectivity index is 1.82. The summed E-state index contributed by atoms with van der Waals surface area (Å²) in [6.45, 7) is 1.54. The number of sulfone groups is 1. The fourth-order valence-electron chi connectivity index (χ4n) is 2.47. The number of rotatable bonds is 5. The molecule has 6 heteroatoms. The van der Waals surface area contributed by atoms with Gasteiger partial charge in [-0.25, -0.2) is 8.42 Å². The van der Waals surface area contributed by atoms with E-state index < -0.39 is 9.84 Å². The Hall–Kier alpha value is -0.880. The average Bonchev–Trinajstić information content (AvgIpc) is 2.86. The number of aromatic nitrogens is 2. The molecule has 2 rings (SSSR count). The molecule has 5 nitrogen and oxygen atoms in total. The first-order valence-electron chi connectivity index (χ1n) is 5.97. The Bertz CT molecular complexity index is 441. The lowest BCUT2D eigenvalue weighted by atomic mass is 10.2. The minimum Gasteiger partial charge on any atom is -0.311 e. The maximum atomic E-state index is 11.6. The molecule has 0 saturated heterocycles. The Morgan fingerprint density at radius 1 is 1.47 bits per heavy atom. The van der Waals surface area contributed by atoms with Crippen molar-refractivity contribution in [1.82, 2.24) is 15.1 Å². The van der Waals surface area contributed by atoms with E-state index in [1.807, 2.05) is 16.9 Å². The van der Waals surface area contributed by atoms with Crippen molar-refractivity contribution in [3.63, 3.8) is 0 Å². The summed E-state index contributed by atoms with van der Waals surface area (Å²) in [6.07, 6.45) is 7.73. The van der Waals surface area contributed by atoms with Gasteiger partial charge in [-0.05, 0) is 18.9 Å². The summed E-state index contributed by atoms with van der Waals surface area (Å²) in [5.41, 5.74) is 0. The van der Waals surface area contributed by atoms with E-state index in [9.17, 15) is 8.42 Å². The molecule has 1 N–H and O–H groups in total. The van der Waals surface area contributed by atoms with E-state index in [2.05, 4.69) is 10.4 Å². The van der Waals surface area contributed by atoms with E-state index in [0.717, 1.165) is 32.4 Å². The molecule has 0 bridgehead atoms. The van der Waals surface area contributed by atoms with Gasteiger partial charge in [0.2, 0.25) is 0 Å². The monoisotopic (exact) mass is 257 g/mol. The van der Waals surface area contributed by atoms with Gasteiger partial charge in [-0.1, -0.05) is 6.42 Å². The lowest BCUT2D eigenvalue weighted by Crippen LogP contribution is -2.41. The smallest absolute Gasteiger partial charge is 0.151 e. The zero-order valence-electron chi connectivity index (χ0n) is 10.0. The molecular formula is C11H19N3O2S. The van der Waals surface area contributed by atoms with Crippen molar-refractivity contribution in [2.75, 3.05) is 12.8 Å². The molecule has 1 fully saturated rings. The van der Waals surface area contributed by atoms with E-state index in [4.69, 9.17) is 0 Å². The van der Waals surface area contributed by atoms with Gasteiger partial charge in [-0.2, -0.15) is 5.10 Å². The zero-order chi connectivity index (χ0) is 12.3. The molecule has 0 aromatic carbocycles. The Morgan fingerprint density at radius 2 is 2.29 bits per heavy atom. The third-order valence-electron chi connectivity index (χ3n) is 3.31. The third-order valence-corrected chi connectivity index (χ3v) is 4.97. The van der Waals surface area contributed by atoms with Gasteiger partial charge in [-0.3, -0.25) is 4.68 Å². The van der Waals surface area contributed by atoms with Crippen molar-refractivity contribution in [3.8, 4) is 0 Å². The molecule has 0 amide bonds. The van der Waals surface area contributed by atoms with Gasteiger partial charge in [0.25, 0.3) is 0 Å². The normalized spacial score (nSPS) is 25.2. The van der Waals surface area contributed by atoms with Gasteiger partial charge in [0.05, 0.1) is 11.8 Å². The van der Waals surface area contributed by atoms with Crippen LogP contribution in [0.5, 0.6) is 0 Å². The van der Waals surface area contributed by atoms with Crippen molar-refractivity contribution in [2.24, 2.45) is 0 Å². The van der Waals surface area contributed by atoms with Gasteiger partial charge < -0.3 is 5.32 Å². The van der Waals surface area contributed by atoms with Crippen molar-refractivity contribution in [2.45, 2.75) is 37.1 Å². The summed E-state index contributed by atoms with van der Waals surface area (Å²) in [7, 11) is -2.92. The lowest BCUT2D eigenvalue weighted by Gasteiger charge is -2.19. The quantitative estimate of drug-likeness (QED) is 0.831. The van der Waals surface area contributed by atoms with Crippen LogP contribution in [0.2, 0.25) is 0 Å². The van der Waals surface area contributed by atoms with Gasteiger partial charge >= 0.3 is 0 Å². The molecule has 1 aliphatic carbocycles. The lowest BCUT2D eigenvalue weighted by molar-refractivity contribution is 0.474. The summed E-state index contributed by atoms with van der Waals surface area (Å²) < 4.78 is 25.0. The molecule has 0 aliphatic heterocycles. The van der Waals surface area contributed by atoms with Gasteiger partial charge in [0.1, 0.15) is 0 Å². The fraction of sp³-hybridized carbons (Fsp3) is 0.727. The van der Waals surface area contributed by atoms with Crippen LogP contribution >= 0.6 is 0 Å². The van der Waals surface area contributed by atoms with Crippen LogP contribution in [0.15, 0.2) is 18.5 Å². The van der Waals surface area contributed by atoms with Crippen molar-refractivity contribution >= 4 is 9.84 Å². The first-order valence-corrected chi connectivity index (χ1v) is 7.92.